The molecule has 0 fully saturated rings. The molecule has 4 heteroatoms. The third-order valence-corrected chi connectivity index (χ3v) is 3.11. The fraction of sp³-hybridized carbons (Fsp3) is 0.471. The number of hydrogen-bond donors (Lipinski definition) is 0. The van der Waals surface area contributed by atoms with Crippen molar-refractivity contribution in [3.05, 3.63) is 35.9 Å². The molecule has 0 saturated heterocycles. The summed E-state index contributed by atoms with van der Waals surface area (Å²) in [5, 5.41) is 0. The first kappa shape index (κ1) is 17.2. The van der Waals surface area contributed by atoms with Gasteiger partial charge in [0, 0.05) is 6.04 Å². The van der Waals surface area contributed by atoms with Gasteiger partial charge in [-0.15, -0.1) is 6.42 Å². The van der Waals surface area contributed by atoms with Crippen LogP contribution < -0.4 is 0 Å². The summed E-state index contributed by atoms with van der Waals surface area (Å²) in [6.07, 6.45) is 6.19. The summed E-state index contributed by atoms with van der Waals surface area (Å²) in [5.74, 6) is 2.29. The lowest BCUT2D eigenvalue weighted by Gasteiger charge is -2.26. The van der Waals surface area contributed by atoms with E-state index in [9.17, 15) is 4.79 Å². The Labute approximate surface area is 127 Å². The largest absolute Gasteiger partial charge is 0.464 e. The Morgan fingerprint density at radius 2 is 2.10 bits per heavy atom. The van der Waals surface area contributed by atoms with Gasteiger partial charge >= 0.3 is 5.97 Å². The number of esters is 1. The number of ether oxygens (including phenoxy) is 2. The Bertz CT molecular complexity index is 453. The molecule has 1 atom stereocenters. The topological polar surface area (TPSA) is 38.8 Å². The van der Waals surface area contributed by atoms with Gasteiger partial charge in [-0.1, -0.05) is 36.3 Å². The van der Waals surface area contributed by atoms with Gasteiger partial charge in [-0.3, -0.25) is 4.90 Å². The van der Waals surface area contributed by atoms with Gasteiger partial charge in [-0.2, -0.15) is 0 Å². The molecule has 0 aliphatic heterocycles. The number of likely N-dealkylation sites (N-methyl/N-ethyl adjacent to an activating group) is 1. The highest BCUT2D eigenvalue weighted by Crippen LogP contribution is 2.08. The highest BCUT2D eigenvalue weighted by molar-refractivity contribution is 5.70. The molecule has 1 aromatic rings. The number of carbonyl (C=O) groups excluding carboxylic acids is 1. The van der Waals surface area contributed by atoms with Crippen LogP contribution in [0, 0.1) is 12.3 Å². The van der Waals surface area contributed by atoms with E-state index in [1.54, 1.807) is 6.92 Å². The smallest absolute Gasteiger partial charge is 0.332 e. The molecule has 0 heterocycles. The second-order valence-corrected chi connectivity index (χ2v) is 4.78. The first-order valence-corrected chi connectivity index (χ1v) is 7.08. The number of carbonyl (C=O) groups is 1. The van der Waals surface area contributed by atoms with Crippen molar-refractivity contribution in [2.75, 3.05) is 33.4 Å². The summed E-state index contributed by atoms with van der Waals surface area (Å²) in [6, 6.07) is 10.3. The normalized spacial score (nSPS) is 11.9. The van der Waals surface area contributed by atoms with E-state index in [0.717, 1.165) is 6.42 Å². The summed E-state index contributed by atoms with van der Waals surface area (Å²) < 4.78 is 10.3. The van der Waals surface area contributed by atoms with Crippen LogP contribution in [-0.2, 0) is 20.7 Å². The maximum absolute atomic E-state index is 11.3. The molecular weight excluding hydrogens is 266 g/mol. The average molecular weight is 289 g/mol. The Morgan fingerprint density at radius 3 is 2.71 bits per heavy atom. The van der Waals surface area contributed by atoms with E-state index in [1.807, 2.05) is 25.2 Å². The van der Waals surface area contributed by atoms with Crippen molar-refractivity contribution in [2.24, 2.45) is 0 Å². The minimum Gasteiger partial charge on any atom is -0.464 e. The van der Waals surface area contributed by atoms with Crippen molar-refractivity contribution in [3.63, 3.8) is 0 Å². The number of benzene rings is 1. The van der Waals surface area contributed by atoms with Gasteiger partial charge in [-0.05, 0) is 26.0 Å². The van der Waals surface area contributed by atoms with E-state index in [0.29, 0.717) is 19.8 Å². The van der Waals surface area contributed by atoms with E-state index in [4.69, 9.17) is 15.9 Å². The standard InChI is InChI=1S/C17H23NO3/c1-4-11-18(3)16(12-15-9-7-6-8-10-15)13-20-14-17(19)21-5-2/h1,6-10,16H,5,11-14H2,2-3H3/t16-/m0/s1. The SMILES string of the molecule is C#CCN(C)[C@H](COCC(=O)OCC)Cc1ccccc1. The van der Waals surface area contributed by atoms with E-state index in [1.165, 1.54) is 5.56 Å². The molecule has 0 bridgehead atoms. The predicted molar refractivity (Wildman–Crippen MR) is 82.8 cm³/mol. The fourth-order valence-electron chi connectivity index (χ4n) is 1.98. The van der Waals surface area contributed by atoms with Crippen LogP contribution in [0.15, 0.2) is 30.3 Å². The van der Waals surface area contributed by atoms with Gasteiger partial charge in [0.05, 0.1) is 19.8 Å². The van der Waals surface area contributed by atoms with Gasteiger partial charge < -0.3 is 9.47 Å². The van der Waals surface area contributed by atoms with Gasteiger partial charge in [0.25, 0.3) is 0 Å². The lowest BCUT2D eigenvalue weighted by Crippen LogP contribution is -2.38. The number of terminal acetylenes is 1. The van der Waals surface area contributed by atoms with E-state index >= 15 is 0 Å². The van der Waals surface area contributed by atoms with Crippen LogP contribution in [0.3, 0.4) is 0 Å². The number of nitrogens with zero attached hydrogens (tertiary/aromatic N) is 1. The molecule has 0 N–H and O–H groups in total. The Balaban J connectivity index is 2.53. The molecule has 1 rings (SSSR count). The summed E-state index contributed by atoms with van der Waals surface area (Å²) in [7, 11) is 1.96. The molecule has 0 spiro atoms. The van der Waals surface area contributed by atoms with Crippen molar-refractivity contribution in [3.8, 4) is 12.3 Å². The van der Waals surface area contributed by atoms with Crippen LogP contribution in [0.25, 0.3) is 0 Å². The minimum absolute atomic E-state index is 0.0248. The monoisotopic (exact) mass is 289 g/mol. The highest BCUT2D eigenvalue weighted by atomic mass is 16.6. The average Bonchev–Trinajstić information content (AvgIpc) is 2.48. The third kappa shape index (κ3) is 6.94. The molecule has 0 amide bonds. The van der Waals surface area contributed by atoms with Crippen LogP contribution in [0.2, 0.25) is 0 Å². The van der Waals surface area contributed by atoms with E-state index in [-0.39, 0.29) is 18.6 Å². The fourth-order valence-corrected chi connectivity index (χ4v) is 1.98. The maximum atomic E-state index is 11.3. The van der Waals surface area contributed by atoms with Crippen molar-refractivity contribution in [1.82, 2.24) is 4.90 Å². The number of rotatable bonds is 9. The summed E-state index contributed by atoms with van der Waals surface area (Å²) in [5.41, 5.74) is 1.21. The molecule has 0 unspecified atom stereocenters. The van der Waals surface area contributed by atoms with Crippen molar-refractivity contribution >= 4 is 5.97 Å². The summed E-state index contributed by atoms with van der Waals surface area (Å²) >= 11 is 0. The first-order valence-electron chi connectivity index (χ1n) is 7.08. The zero-order chi connectivity index (χ0) is 15.5. The van der Waals surface area contributed by atoms with Gasteiger partial charge in [0.1, 0.15) is 6.61 Å². The number of hydrogen-bond acceptors (Lipinski definition) is 4. The van der Waals surface area contributed by atoms with E-state index in [2.05, 4.69) is 23.0 Å². The molecule has 0 aliphatic carbocycles. The summed E-state index contributed by atoms with van der Waals surface area (Å²) in [6.45, 7) is 3.10. The molecule has 4 nitrogen and oxygen atoms in total. The lowest BCUT2D eigenvalue weighted by molar-refractivity contribution is -0.148. The Morgan fingerprint density at radius 1 is 1.38 bits per heavy atom. The Hall–Kier alpha value is -1.83. The quantitative estimate of drug-likeness (QED) is 0.513. The molecule has 0 saturated carbocycles. The van der Waals surface area contributed by atoms with Gasteiger partial charge in [0.15, 0.2) is 0 Å². The highest BCUT2D eigenvalue weighted by Gasteiger charge is 2.16. The molecule has 114 valence electrons. The molecule has 21 heavy (non-hydrogen) atoms. The predicted octanol–water partition coefficient (Wildman–Crippen LogP) is 1.74. The molecule has 1 aromatic carbocycles. The van der Waals surface area contributed by atoms with Crippen molar-refractivity contribution in [1.29, 1.82) is 0 Å². The van der Waals surface area contributed by atoms with Gasteiger partial charge in [0.2, 0.25) is 0 Å². The second-order valence-electron chi connectivity index (χ2n) is 4.78. The second kappa shape index (κ2) is 9.98. The van der Waals surface area contributed by atoms with Crippen molar-refractivity contribution in [2.45, 2.75) is 19.4 Å². The van der Waals surface area contributed by atoms with Crippen LogP contribution in [0.5, 0.6) is 0 Å². The lowest BCUT2D eigenvalue weighted by atomic mass is 10.1. The first-order chi connectivity index (χ1) is 10.2. The van der Waals surface area contributed by atoms with Crippen LogP contribution >= 0.6 is 0 Å². The van der Waals surface area contributed by atoms with Crippen molar-refractivity contribution < 1.29 is 14.3 Å². The van der Waals surface area contributed by atoms with Crippen LogP contribution in [0.4, 0.5) is 0 Å². The summed E-state index contributed by atoms with van der Waals surface area (Å²) in [4.78, 5) is 13.3. The third-order valence-electron chi connectivity index (χ3n) is 3.11. The van der Waals surface area contributed by atoms with Crippen LogP contribution in [-0.4, -0.2) is 50.3 Å². The molecule has 0 radical (unpaired) electrons. The molecular formula is C17H23NO3. The maximum Gasteiger partial charge on any atom is 0.332 e. The minimum atomic E-state index is -0.337. The Kier molecular flexibility index (Phi) is 8.18. The van der Waals surface area contributed by atoms with Gasteiger partial charge in [-0.25, -0.2) is 4.79 Å². The zero-order valence-corrected chi connectivity index (χ0v) is 12.7. The molecule has 0 aromatic heterocycles. The zero-order valence-electron chi connectivity index (χ0n) is 12.7. The van der Waals surface area contributed by atoms with Crippen LogP contribution in [0.1, 0.15) is 12.5 Å². The van der Waals surface area contributed by atoms with E-state index < -0.39 is 0 Å². The molecule has 0 aliphatic rings.